The number of fused-ring (bicyclic) bond motifs is 1. The van der Waals surface area contributed by atoms with Crippen LogP contribution in [0.2, 0.25) is 0 Å². The van der Waals surface area contributed by atoms with E-state index in [4.69, 9.17) is 9.72 Å². The SMILES string of the molecule is COc1ccc(C)c2sc(N3CCN(C(=O)Cc4ccc(C)cc4C)CC3)nc12. The van der Waals surface area contributed by atoms with E-state index < -0.39 is 0 Å². The average molecular weight is 410 g/mol. The molecule has 2 aromatic carbocycles. The molecule has 29 heavy (non-hydrogen) atoms. The zero-order chi connectivity index (χ0) is 20.5. The van der Waals surface area contributed by atoms with Crippen LogP contribution in [-0.2, 0) is 11.2 Å². The zero-order valence-corrected chi connectivity index (χ0v) is 18.3. The molecular weight excluding hydrogens is 382 g/mol. The first-order chi connectivity index (χ1) is 14.0. The van der Waals surface area contributed by atoms with Crippen LogP contribution < -0.4 is 9.64 Å². The van der Waals surface area contributed by atoms with Gasteiger partial charge in [0, 0.05) is 26.2 Å². The summed E-state index contributed by atoms with van der Waals surface area (Å²) in [5.41, 5.74) is 5.69. The van der Waals surface area contributed by atoms with Gasteiger partial charge in [-0.05, 0) is 43.5 Å². The number of carbonyl (C=O) groups is 1. The van der Waals surface area contributed by atoms with Crippen LogP contribution >= 0.6 is 11.3 Å². The molecule has 0 unspecified atom stereocenters. The van der Waals surface area contributed by atoms with Gasteiger partial charge in [0.2, 0.25) is 5.91 Å². The normalized spacial score (nSPS) is 14.5. The molecule has 152 valence electrons. The standard InChI is InChI=1S/C23H27N3O2S/c1-15-5-7-18(17(3)13-15)14-20(27)25-9-11-26(12-10-25)23-24-21-19(28-4)8-6-16(2)22(21)29-23/h5-8,13H,9-12,14H2,1-4H3. The molecule has 1 aliphatic heterocycles. The Morgan fingerprint density at radius 1 is 1.07 bits per heavy atom. The summed E-state index contributed by atoms with van der Waals surface area (Å²) in [5.74, 6) is 1.02. The van der Waals surface area contributed by atoms with Crippen LogP contribution in [0.15, 0.2) is 30.3 Å². The van der Waals surface area contributed by atoms with Crippen molar-refractivity contribution in [1.29, 1.82) is 0 Å². The molecule has 1 aromatic heterocycles. The monoisotopic (exact) mass is 409 g/mol. The number of hydrogen-bond donors (Lipinski definition) is 0. The minimum Gasteiger partial charge on any atom is -0.494 e. The molecule has 0 bridgehead atoms. The van der Waals surface area contributed by atoms with E-state index in [2.05, 4.69) is 49.9 Å². The molecule has 5 nitrogen and oxygen atoms in total. The van der Waals surface area contributed by atoms with Crippen molar-refractivity contribution in [3.05, 3.63) is 52.6 Å². The molecule has 0 atom stereocenters. The quantitative estimate of drug-likeness (QED) is 0.650. The molecule has 4 rings (SSSR count). The first kappa shape index (κ1) is 19.7. The Labute approximate surface area is 175 Å². The lowest BCUT2D eigenvalue weighted by atomic mass is 10.0. The van der Waals surface area contributed by atoms with Crippen molar-refractivity contribution >= 4 is 32.6 Å². The van der Waals surface area contributed by atoms with E-state index in [1.54, 1.807) is 18.4 Å². The second kappa shape index (κ2) is 8.03. The van der Waals surface area contributed by atoms with E-state index >= 15 is 0 Å². The molecule has 0 aliphatic carbocycles. The summed E-state index contributed by atoms with van der Waals surface area (Å²) in [6, 6.07) is 10.4. The molecule has 0 saturated carbocycles. The van der Waals surface area contributed by atoms with E-state index in [-0.39, 0.29) is 5.91 Å². The topological polar surface area (TPSA) is 45.7 Å². The van der Waals surface area contributed by atoms with E-state index in [9.17, 15) is 4.79 Å². The van der Waals surface area contributed by atoms with E-state index in [1.807, 2.05) is 11.0 Å². The third-order valence-corrected chi connectivity index (χ3v) is 6.91. The van der Waals surface area contributed by atoms with Gasteiger partial charge in [-0.15, -0.1) is 0 Å². The number of thiazole rings is 1. The maximum atomic E-state index is 12.8. The number of carbonyl (C=O) groups excluding carboxylic acids is 1. The smallest absolute Gasteiger partial charge is 0.227 e. The Hall–Kier alpha value is -2.60. The highest BCUT2D eigenvalue weighted by atomic mass is 32.1. The Morgan fingerprint density at radius 3 is 2.52 bits per heavy atom. The number of methoxy groups -OCH3 is 1. The van der Waals surface area contributed by atoms with Crippen molar-refractivity contribution in [3.8, 4) is 5.75 Å². The molecular formula is C23H27N3O2S. The van der Waals surface area contributed by atoms with Gasteiger partial charge in [0.05, 0.1) is 18.2 Å². The van der Waals surface area contributed by atoms with Gasteiger partial charge < -0.3 is 14.5 Å². The predicted octanol–water partition coefficient (Wildman–Crippen LogP) is 4.12. The Morgan fingerprint density at radius 2 is 1.83 bits per heavy atom. The highest BCUT2D eigenvalue weighted by Crippen LogP contribution is 2.36. The number of anilines is 1. The molecule has 0 spiro atoms. The van der Waals surface area contributed by atoms with Crippen LogP contribution in [0, 0.1) is 20.8 Å². The van der Waals surface area contributed by atoms with Crippen LogP contribution in [0.1, 0.15) is 22.3 Å². The number of aryl methyl sites for hydroxylation is 3. The van der Waals surface area contributed by atoms with Crippen molar-refractivity contribution in [2.24, 2.45) is 0 Å². The van der Waals surface area contributed by atoms with Crippen molar-refractivity contribution < 1.29 is 9.53 Å². The maximum Gasteiger partial charge on any atom is 0.227 e. The zero-order valence-electron chi connectivity index (χ0n) is 17.5. The van der Waals surface area contributed by atoms with Gasteiger partial charge in [-0.2, -0.15) is 0 Å². The first-order valence-electron chi connectivity index (χ1n) is 9.99. The maximum absolute atomic E-state index is 12.8. The summed E-state index contributed by atoms with van der Waals surface area (Å²) >= 11 is 1.71. The molecule has 1 aliphatic rings. The lowest BCUT2D eigenvalue weighted by Gasteiger charge is -2.34. The minimum absolute atomic E-state index is 0.207. The van der Waals surface area contributed by atoms with Crippen molar-refractivity contribution in [2.75, 3.05) is 38.2 Å². The molecule has 1 fully saturated rings. The molecule has 0 radical (unpaired) electrons. The fourth-order valence-corrected chi connectivity index (χ4v) is 4.97. The number of piperazine rings is 1. The summed E-state index contributed by atoms with van der Waals surface area (Å²) in [7, 11) is 1.68. The second-order valence-corrected chi connectivity index (χ2v) is 8.71. The van der Waals surface area contributed by atoms with E-state index in [0.29, 0.717) is 6.42 Å². The summed E-state index contributed by atoms with van der Waals surface area (Å²) in [6.45, 7) is 9.34. The number of hydrogen-bond acceptors (Lipinski definition) is 5. The van der Waals surface area contributed by atoms with Crippen LogP contribution in [0.4, 0.5) is 5.13 Å². The number of rotatable bonds is 4. The van der Waals surface area contributed by atoms with Gasteiger partial charge in [0.25, 0.3) is 0 Å². The molecule has 1 saturated heterocycles. The fraction of sp³-hybridized carbons (Fsp3) is 0.391. The third-order valence-electron chi connectivity index (χ3n) is 5.65. The number of benzene rings is 2. The van der Waals surface area contributed by atoms with Crippen molar-refractivity contribution in [3.63, 3.8) is 0 Å². The largest absolute Gasteiger partial charge is 0.494 e. The molecule has 2 heterocycles. The summed E-state index contributed by atoms with van der Waals surface area (Å²) in [5, 5.41) is 1.01. The second-order valence-electron chi connectivity index (χ2n) is 7.73. The van der Waals surface area contributed by atoms with Crippen LogP contribution in [0.25, 0.3) is 10.2 Å². The fourth-order valence-electron chi connectivity index (χ4n) is 3.86. The Bertz CT molecular complexity index is 1050. The molecule has 0 N–H and O–H groups in total. The van der Waals surface area contributed by atoms with Crippen molar-refractivity contribution in [2.45, 2.75) is 27.2 Å². The van der Waals surface area contributed by atoms with Crippen LogP contribution in [0.3, 0.4) is 0 Å². The van der Waals surface area contributed by atoms with Crippen LogP contribution in [-0.4, -0.2) is 49.1 Å². The van der Waals surface area contributed by atoms with Crippen molar-refractivity contribution in [1.82, 2.24) is 9.88 Å². The molecule has 3 aromatic rings. The van der Waals surface area contributed by atoms with E-state index in [0.717, 1.165) is 48.1 Å². The number of ether oxygens (including phenoxy) is 1. The number of aromatic nitrogens is 1. The summed E-state index contributed by atoms with van der Waals surface area (Å²) in [4.78, 5) is 21.9. The lowest BCUT2D eigenvalue weighted by molar-refractivity contribution is -0.130. The highest BCUT2D eigenvalue weighted by Gasteiger charge is 2.24. The Kier molecular flexibility index (Phi) is 5.46. The number of amides is 1. The highest BCUT2D eigenvalue weighted by molar-refractivity contribution is 7.22. The van der Waals surface area contributed by atoms with Gasteiger partial charge >= 0.3 is 0 Å². The summed E-state index contributed by atoms with van der Waals surface area (Å²) in [6.07, 6.45) is 0.476. The van der Waals surface area contributed by atoms with Gasteiger partial charge in [-0.25, -0.2) is 4.98 Å². The average Bonchev–Trinajstić information content (AvgIpc) is 3.17. The predicted molar refractivity (Wildman–Crippen MR) is 119 cm³/mol. The first-order valence-corrected chi connectivity index (χ1v) is 10.8. The van der Waals surface area contributed by atoms with Gasteiger partial charge in [0.15, 0.2) is 5.13 Å². The molecule has 6 heteroatoms. The van der Waals surface area contributed by atoms with Gasteiger partial charge in [0.1, 0.15) is 11.3 Å². The third kappa shape index (κ3) is 3.94. The Balaban J connectivity index is 1.43. The summed E-state index contributed by atoms with van der Waals surface area (Å²) < 4.78 is 6.65. The lowest BCUT2D eigenvalue weighted by Crippen LogP contribution is -2.49. The molecule has 1 amide bonds. The number of nitrogens with zero attached hydrogens (tertiary/aromatic N) is 3. The minimum atomic E-state index is 0.207. The van der Waals surface area contributed by atoms with Gasteiger partial charge in [-0.3, -0.25) is 4.79 Å². The van der Waals surface area contributed by atoms with Crippen LogP contribution in [0.5, 0.6) is 5.75 Å². The van der Waals surface area contributed by atoms with E-state index in [1.165, 1.54) is 21.4 Å². The van der Waals surface area contributed by atoms with Gasteiger partial charge in [-0.1, -0.05) is 41.2 Å².